The highest BCUT2D eigenvalue weighted by molar-refractivity contribution is 7.97. The van der Waals surface area contributed by atoms with Gasteiger partial charge < -0.3 is 5.32 Å². The number of nitrogens with one attached hydrogen (secondary N) is 1. The molecule has 3 nitrogen and oxygen atoms in total. The smallest absolute Gasteiger partial charge is 0.252 e. The van der Waals surface area contributed by atoms with Crippen LogP contribution in [0.5, 0.6) is 0 Å². The lowest BCUT2D eigenvalue weighted by Gasteiger charge is -1.97. The van der Waals surface area contributed by atoms with E-state index >= 15 is 0 Å². The molecule has 0 unspecified atom stereocenters. The molecule has 0 aliphatic heterocycles. The fourth-order valence-corrected chi connectivity index (χ4v) is 1.29. The van der Waals surface area contributed by atoms with Crippen LogP contribution in [-0.2, 0) is 0 Å². The van der Waals surface area contributed by atoms with Gasteiger partial charge in [0.15, 0.2) is 0 Å². The van der Waals surface area contributed by atoms with Crippen molar-refractivity contribution in [1.82, 2.24) is 9.29 Å². The van der Waals surface area contributed by atoms with Crippen LogP contribution in [0.4, 0.5) is 0 Å². The van der Waals surface area contributed by atoms with Crippen LogP contribution in [0.25, 0.3) is 0 Å². The van der Waals surface area contributed by atoms with Crippen LogP contribution < -0.4 is 5.32 Å². The van der Waals surface area contributed by atoms with Crippen LogP contribution in [0.15, 0.2) is 18.5 Å². The maximum atomic E-state index is 11.2. The summed E-state index contributed by atoms with van der Waals surface area (Å²) in [7, 11) is 0. The molecule has 12 heavy (non-hydrogen) atoms. The predicted molar refractivity (Wildman–Crippen MR) is 51.4 cm³/mol. The third-order valence-electron chi connectivity index (χ3n) is 1.48. The largest absolute Gasteiger partial charge is 0.352 e. The van der Waals surface area contributed by atoms with Gasteiger partial charge in [-0.3, -0.25) is 8.77 Å². The number of carbonyl (C=O) groups excluding carboxylic acids is 1. The molecular formula is C8H12N2OS. The second kappa shape index (κ2) is 4.21. The lowest BCUT2D eigenvalue weighted by Crippen LogP contribution is -2.21. The Morgan fingerprint density at radius 3 is 3.00 bits per heavy atom. The van der Waals surface area contributed by atoms with Crippen molar-refractivity contribution in [2.45, 2.75) is 6.92 Å². The topological polar surface area (TPSA) is 34.0 Å². The van der Waals surface area contributed by atoms with Crippen LogP contribution in [0, 0.1) is 0 Å². The van der Waals surface area contributed by atoms with E-state index in [0.29, 0.717) is 12.1 Å². The van der Waals surface area contributed by atoms with E-state index in [-0.39, 0.29) is 5.91 Å². The minimum Gasteiger partial charge on any atom is -0.352 e. The monoisotopic (exact) mass is 184 g/mol. The minimum absolute atomic E-state index is 0.00898. The first-order valence-corrected chi connectivity index (χ1v) is 4.96. The molecule has 0 fully saturated rings. The molecule has 1 rings (SSSR count). The molecular weight excluding hydrogens is 172 g/mol. The van der Waals surface area contributed by atoms with Gasteiger partial charge in [0.2, 0.25) is 0 Å². The van der Waals surface area contributed by atoms with Gasteiger partial charge in [0.05, 0.1) is 5.56 Å². The van der Waals surface area contributed by atoms with E-state index in [2.05, 4.69) is 5.32 Å². The van der Waals surface area contributed by atoms with Gasteiger partial charge in [0, 0.05) is 25.2 Å². The van der Waals surface area contributed by atoms with Crippen molar-refractivity contribution in [2.24, 2.45) is 0 Å². The van der Waals surface area contributed by atoms with Gasteiger partial charge in [-0.25, -0.2) is 0 Å². The molecule has 0 saturated heterocycles. The van der Waals surface area contributed by atoms with E-state index in [1.54, 1.807) is 11.9 Å². The summed E-state index contributed by atoms with van der Waals surface area (Å²) in [6.45, 7) is 2.58. The fraction of sp³-hybridized carbons (Fsp3) is 0.375. The maximum absolute atomic E-state index is 11.2. The summed E-state index contributed by atoms with van der Waals surface area (Å²) < 4.78 is 1.89. The van der Waals surface area contributed by atoms with Gasteiger partial charge in [-0.1, -0.05) is 0 Å². The van der Waals surface area contributed by atoms with E-state index < -0.39 is 0 Å². The average Bonchev–Trinajstić information content (AvgIpc) is 2.52. The van der Waals surface area contributed by atoms with Crippen molar-refractivity contribution in [1.29, 1.82) is 0 Å². The van der Waals surface area contributed by atoms with Crippen LogP contribution in [-0.4, -0.2) is 22.7 Å². The summed E-state index contributed by atoms with van der Waals surface area (Å²) in [4.78, 5) is 11.2. The Labute approximate surface area is 76.3 Å². The molecule has 0 atom stereocenters. The van der Waals surface area contributed by atoms with E-state index in [9.17, 15) is 4.79 Å². The lowest BCUT2D eigenvalue weighted by atomic mass is 10.3. The number of rotatable bonds is 3. The molecule has 1 aromatic heterocycles. The molecule has 0 spiro atoms. The first-order chi connectivity index (χ1) is 5.77. The molecule has 0 aromatic carbocycles. The van der Waals surface area contributed by atoms with Crippen LogP contribution in [0.2, 0.25) is 0 Å². The van der Waals surface area contributed by atoms with E-state index in [0.717, 1.165) is 0 Å². The Bertz CT molecular complexity index is 270. The standard InChI is InChI=1S/C8H12N2OS/c1-3-9-8(11)7-4-5-10(6-7)12-2/h4-6H,3H2,1-2H3,(H,9,11). The van der Waals surface area contributed by atoms with Gasteiger partial charge in [-0.15, -0.1) is 0 Å². The zero-order chi connectivity index (χ0) is 8.97. The Kier molecular flexibility index (Phi) is 3.22. The van der Waals surface area contributed by atoms with Crippen molar-refractivity contribution in [3.8, 4) is 0 Å². The van der Waals surface area contributed by atoms with Gasteiger partial charge >= 0.3 is 0 Å². The van der Waals surface area contributed by atoms with Crippen LogP contribution in [0.3, 0.4) is 0 Å². The highest BCUT2D eigenvalue weighted by Crippen LogP contribution is 2.06. The third kappa shape index (κ3) is 2.04. The average molecular weight is 184 g/mol. The molecule has 1 aromatic rings. The summed E-state index contributed by atoms with van der Waals surface area (Å²) >= 11 is 1.56. The number of hydrogen-bond acceptors (Lipinski definition) is 2. The quantitative estimate of drug-likeness (QED) is 0.769. The van der Waals surface area contributed by atoms with Gasteiger partial charge in [-0.2, -0.15) is 0 Å². The Morgan fingerprint density at radius 1 is 1.75 bits per heavy atom. The Hall–Kier alpha value is -0.900. The lowest BCUT2D eigenvalue weighted by molar-refractivity contribution is 0.0956. The summed E-state index contributed by atoms with van der Waals surface area (Å²) in [5.74, 6) is -0.00898. The predicted octanol–water partition coefficient (Wildman–Crippen LogP) is 1.36. The summed E-state index contributed by atoms with van der Waals surface area (Å²) in [6, 6.07) is 1.81. The number of amides is 1. The van der Waals surface area contributed by atoms with Crippen molar-refractivity contribution in [3.05, 3.63) is 24.0 Å². The highest BCUT2D eigenvalue weighted by atomic mass is 32.2. The molecule has 0 aliphatic carbocycles. The van der Waals surface area contributed by atoms with Crippen LogP contribution in [0.1, 0.15) is 17.3 Å². The van der Waals surface area contributed by atoms with Gasteiger partial charge in [0.1, 0.15) is 0 Å². The van der Waals surface area contributed by atoms with Crippen LogP contribution >= 0.6 is 11.9 Å². The van der Waals surface area contributed by atoms with E-state index in [4.69, 9.17) is 0 Å². The summed E-state index contributed by atoms with van der Waals surface area (Å²) in [5, 5.41) is 2.74. The van der Waals surface area contributed by atoms with Crippen molar-refractivity contribution in [3.63, 3.8) is 0 Å². The maximum Gasteiger partial charge on any atom is 0.252 e. The normalized spacial score (nSPS) is 9.83. The van der Waals surface area contributed by atoms with Gasteiger partial charge in [0.25, 0.3) is 5.91 Å². The second-order valence-electron chi connectivity index (χ2n) is 2.30. The van der Waals surface area contributed by atoms with Gasteiger partial charge in [-0.05, 0) is 24.9 Å². The van der Waals surface area contributed by atoms with Crippen molar-refractivity contribution in [2.75, 3.05) is 12.8 Å². The third-order valence-corrected chi connectivity index (χ3v) is 2.13. The molecule has 0 aliphatic rings. The number of nitrogens with zero attached hydrogens (tertiary/aromatic N) is 1. The number of hydrogen-bond donors (Lipinski definition) is 1. The van der Waals surface area contributed by atoms with Crippen molar-refractivity contribution >= 4 is 17.9 Å². The minimum atomic E-state index is -0.00898. The molecule has 0 bridgehead atoms. The second-order valence-corrected chi connectivity index (χ2v) is 3.09. The SMILES string of the molecule is CCNC(=O)c1ccn(SC)c1. The zero-order valence-corrected chi connectivity index (χ0v) is 8.02. The first-order valence-electron chi connectivity index (χ1n) is 3.78. The first kappa shape index (κ1) is 9.19. The Balaban J connectivity index is 2.68. The molecule has 1 heterocycles. The molecule has 4 heteroatoms. The number of aromatic nitrogens is 1. The van der Waals surface area contributed by atoms with E-state index in [1.165, 1.54) is 0 Å². The summed E-state index contributed by atoms with van der Waals surface area (Å²) in [5.41, 5.74) is 0.714. The molecule has 0 radical (unpaired) electrons. The zero-order valence-electron chi connectivity index (χ0n) is 7.20. The summed E-state index contributed by atoms with van der Waals surface area (Å²) in [6.07, 6.45) is 5.65. The molecule has 66 valence electrons. The fourth-order valence-electron chi connectivity index (χ4n) is 0.887. The molecule has 0 saturated carbocycles. The molecule has 1 amide bonds. The van der Waals surface area contributed by atoms with Crippen molar-refractivity contribution < 1.29 is 4.79 Å². The Morgan fingerprint density at radius 2 is 2.50 bits per heavy atom. The molecule has 1 N–H and O–H groups in total. The number of carbonyl (C=O) groups is 1. The highest BCUT2D eigenvalue weighted by Gasteiger charge is 2.04. The van der Waals surface area contributed by atoms with E-state index in [1.807, 2.05) is 35.6 Å².